The van der Waals surface area contributed by atoms with Gasteiger partial charge in [-0.2, -0.15) is 5.10 Å². The zero-order valence-corrected chi connectivity index (χ0v) is 14.3. The molecule has 0 unspecified atom stereocenters. The highest BCUT2D eigenvalue weighted by atomic mass is 79.9. The lowest BCUT2D eigenvalue weighted by Crippen LogP contribution is -2.26. The highest BCUT2D eigenvalue weighted by molar-refractivity contribution is 9.10. The number of benzene rings is 2. The van der Waals surface area contributed by atoms with Gasteiger partial charge >= 0.3 is 0 Å². The Balaban J connectivity index is 2.50. The number of nitrogens with zero attached hydrogens (tertiary/aromatic N) is 1. The summed E-state index contributed by atoms with van der Waals surface area (Å²) in [5, 5.41) is 4.44. The molecule has 2 aromatic carbocycles. The molecule has 0 amide bonds. The summed E-state index contributed by atoms with van der Waals surface area (Å²) in [5.74, 6) is 0. The van der Waals surface area contributed by atoms with Crippen LogP contribution in [0.5, 0.6) is 0 Å². The number of nitrogens with one attached hydrogen (secondary N) is 1. The van der Waals surface area contributed by atoms with Gasteiger partial charge in [-0.25, -0.2) is 0 Å². The van der Waals surface area contributed by atoms with E-state index in [1.54, 1.807) is 0 Å². The molecule has 0 fully saturated rings. The Bertz CT molecular complexity index is 623. The van der Waals surface area contributed by atoms with Crippen LogP contribution in [0.2, 0.25) is 0 Å². The van der Waals surface area contributed by atoms with Crippen LogP contribution in [0.3, 0.4) is 0 Å². The molecule has 0 saturated heterocycles. The zero-order chi connectivity index (χ0) is 14.5. The average Bonchev–Trinajstić information content (AvgIpc) is 2.39. The first-order valence-electron chi connectivity index (χ1n) is 5.71. The maximum Gasteiger partial charge on any atom is 0.184 e. The molecule has 3 N–H and O–H groups in total. The van der Waals surface area contributed by atoms with Gasteiger partial charge < -0.3 is 5.73 Å². The Hall–Kier alpha value is -1.24. The van der Waals surface area contributed by atoms with Gasteiger partial charge in [0.1, 0.15) is 0 Å². The third-order valence-electron chi connectivity index (χ3n) is 2.47. The van der Waals surface area contributed by atoms with E-state index in [9.17, 15) is 0 Å². The Morgan fingerprint density at radius 2 is 1.50 bits per heavy atom. The van der Waals surface area contributed by atoms with Crippen molar-refractivity contribution in [2.45, 2.75) is 0 Å². The van der Waals surface area contributed by atoms with E-state index in [1.807, 2.05) is 48.5 Å². The Labute approximate surface area is 139 Å². The first-order chi connectivity index (χ1) is 9.56. The van der Waals surface area contributed by atoms with Crippen LogP contribution in [0.25, 0.3) is 0 Å². The SMILES string of the molecule is NC(=S)NN=C(c1cccc(Br)c1)c1cccc(Br)c1. The van der Waals surface area contributed by atoms with Gasteiger partial charge in [-0.1, -0.05) is 56.1 Å². The van der Waals surface area contributed by atoms with Crippen molar-refractivity contribution in [3.8, 4) is 0 Å². The molecule has 2 aromatic rings. The number of nitrogens with two attached hydrogens (primary N) is 1. The van der Waals surface area contributed by atoms with Crippen LogP contribution in [0.4, 0.5) is 0 Å². The van der Waals surface area contributed by atoms with Crippen LogP contribution in [0, 0.1) is 0 Å². The monoisotopic (exact) mass is 411 g/mol. The fraction of sp³-hybridized carbons (Fsp3) is 0. The third kappa shape index (κ3) is 4.13. The lowest BCUT2D eigenvalue weighted by Gasteiger charge is -2.09. The van der Waals surface area contributed by atoms with Crippen molar-refractivity contribution >= 4 is 54.9 Å². The summed E-state index contributed by atoms with van der Waals surface area (Å²) in [6, 6.07) is 15.8. The summed E-state index contributed by atoms with van der Waals surface area (Å²) in [7, 11) is 0. The van der Waals surface area contributed by atoms with E-state index in [1.165, 1.54) is 0 Å². The minimum absolute atomic E-state index is 0.132. The maximum atomic E-state index is 5.45. The average molecular weight is 413 g/mol. The minimum atomic E-state index is 0.132. The van der Waals surface area contributed by atoms with Crippen molar-refractivity contribution in [1.82, 2.24) is 5.43 Å². The van der Waals surface area contributed by atoms with Crippen molar-refractivity contribution in [2.75, 3.05) is 0 Å². The third-order valence-corrected chi connectivity index (χ3v) is 3.55. The summed E-state index contributed by atoms with van der Waals surface area (Å²) in [6.07, 6.45) is 0. The van der Waals surface area contributed by atoms with E-state index >= 15 is 0 Å². The first kappa shape index (κ1) is 15.2. The molecular formula is C14H11Br2N3S. The Morgan fingerprint density at radius 1 is 1.00 bits per heavy atom. The van der Waals surface area contributed by atoms with Gasteiger partial charge in [-0.15, -0.1) is 0 Å². The van der Waals surface area contributed by atoms with Gasteiger partial charge in [0.2, 0.25) is 0 Å². The number of hydrazone groups is 1. The van der Waals surface area contributed by atoms with Gasteiger partial charge in [0, 0.05) is 20.1 Å². The van der Waals surface area contributed by atoms with Crippen LogP contribution in [-0.4, -0.2) is 10.8 Å². The largest absolute Gasteiger partial charge is 0.375 e. The summed E-state index contributed by atoms with van der Waals surface area (Å²) < 4.78 is 1.96. The molecule has 20 heavy (non-hydrogen) atoms. The van der Waals surface area contributed by atoms with Crippen molar-refractivity contribution in [2.24, 2.45) is 10.8 Å². The molecule has 0 aliphatic carbocycles. The second kappa shape index (κ2) is 6.97. The van der Waals surface area contributed by atoms with Gasteiger partial charge in [-0.3, -0.25) is 5.43 Å². The van der Waals surface area contributed by atoms with Crippen LogP contribution in [0.15, 0.2) is 62.6 Å². The molecule has 2 rings (SSSR count). The molecule has 0 aliphatic rings. The molecule has 0 saturated carbocycles. The predicted molar refractivity (Wildman–Crippen MR) is 93.8 cm³/mol. The number of halogens is 2. The molecule has 0 radical (unpaired) electrons. The molecule has 3 nitrogen and oxygen atoms in total. The highest BCUT2D eigenvalue weighted by Gasteiger charge is 2.08. The molecule has 0 aromatic heterocycles. The predicted octanol–water partition coefficient (Wildman–Crippen LogP) is 3.80. The van der Waals surface area contributed by atoms with Gasteiger partial charge in [-0.05, 0) is 36.5 Å². The van der Waals surface area contributed by atoms with Crippen LogP contribution in [-0.2, 0) is 0 Å². The second-order valence-electron chi connectivity index (χ2n) is 3.96. The quantitative estimate of drug-likeness (QED) is 0.458. The van der Waals surface area contributed by atoms with E-state index < -0.39 is 0 Å². The number of hydrogen-bond acceptors (Lipinski definition) is 2. The minimum Gasteiger partial charge on any atom is -0.375 e. The van der Waals surface area contributed by atoms with E-state index in [-0.39, 0.29) is 5.11 Å². The van der Waals surface area contributed by atoms with E-state index in [2.05, 4.69) is 42.4 Å². The standard InChI is InChI=1S/C14H11Br2N3S/c15-11-5-1-3-9(7-11)13(18-19-14(17)20)10-4-2-6-12(16)8-10/h1-8H,(H3,17,19,20). The molecule has 0 spiro atoms. The van der Waals surface area contributed by atoms with Crippen molar-refractivity contribution < 1.29 is 0 Å². The van der Waals surface area contributed by atoms with Crippen molar-refractivity contribution in [3.63, 3.8) is 0 Å². The summed E-state index contributed by atoms with van der Waals surface area (Å²) in [4.78, 5) is 0. The lowest BCUT2D eigenvalue weighted by molar-refractivity contribution is 1.03. The normalized spacial score (nSPS) is 9.90. The summed E-state index contributed by atoms with van der Waals surface area (Å²) in [6.45, 7) is 0. The molecule has 0 heterocycles. The number of thiocarbonyl (C=S) groups is 1. The summed E-state index contributed by atoms with van der Waals surface area (Å²) >= 11 is 11.7. The Kier molecular flexibility index (Phi) is 5.28. The zero-order valence-electron chi connectivity index (χ0n) is 10.3. The lowest BCUT2D eigenvalue weighted by atomic mass is 10.0. The molecule has 0 aliphatic heterocycles. The first-order valence-corrected chi connectivity index (χ1v) is 7.70. The van der Waals surface area contributed by atoms with Gasteiger partial charge in [0.25, 0.3) is 0 Å². The maximum absolute atomic E-state index is 5.45. The van der Waals surface area contributed by atoms with Crippen molar-refractivity contribution in [1.29, 1.82) is 0 Å². The van der Waals surface area contributed by atoms with E-state index in [0.717, 1.165) is 25.8 Å². The fourth-order valence-electron chi connectivity index (χ4n) is 1.68. The molecule has 102 valence electrons. The van der Waals surface area contributed by atoms with Crippen LogP contribution >= 0.6 is 44.1 Å². The van der Waals surface area contributed by atoms with Crippen LogP contribution < -0.4 is 11.2 Å². The van der Waals surface area contributed by atoms with E-state index in [4.69, 9.17) is 18.0 Å². The van der Waals surface area contributed by atoms with Crippen molar-refractivity contribution in [3.05, 3.63) is 68.6 Å². The molecular weight excluding hydrogens is 402 g/mol. The van der Waals surface area contributed by atoms with Crippen LogP contribution in [0.1, 0.15) is 11.1 Å². The number of rotatable bonds is 3. The highest BCUT2D eigenvalue weighted by Crippen LogP contribution is 2.19. The smallest absolute Gasteiger partial charge is 0.184 e. The van der Waals surface area contributed by atoms with Gasteiger partial charge in [0.15, 0.2) is 5.11 Å². The number of hydrogen-bond donors (Lipinski definition) is 2. The topological polar surface area (TPSA) is 50.4 Å². The molecule has 0 bridgehead atoms. The van der Waals surface area contributed by atoms with E-state index in [0.29, 0.717) is 0 Å². The second-order valence-corrected chi connectivity index (χ2v) is 6.23. The fourth-order valence-corrected chi connectivity index (χ4v) is 2.52. The molecule has 0 atom stereocenters. The van der Waals surface area contributed by atoms with Gasteiger partial charge in [0.05, 0.1) is 5.71 Å². The Morgan fingerprint density at radius 3 is 1.90 bits per heavy atom. The summed E-state index contributed by atoms with van der Waals surface area (Å²) in [5.41, 5.74) is 10.8. The molecule has 6 heteroatoms.